The van der Waals surface area contributed by atoms with Gasteiger partial charge in [0.05, 0.1) is 26.7 Å². The number of fused-ring (bicyclic) bond motifs is 1. The van der Waals surface area contributed by atoms with E-state index in [2.05, 4.69) is 15.9 Å². The van der Waals surface area contributed by atoms with Gasteiger partial charge in [-0.15, -0.1) is 0 Å². The second kappa shape index (κ2) is 6.71. The van der Waals surface area contributed by atoms with Crippen molar-refractivity contribution in [2.75, 3.05) is 0 Å². The van der Waals surface area contributed by atoms with Gasteiger partial charge in [0, 0.05) is 10.0 Å². The lowest BCUT2D eigenvalue weighted by Crippen LogP contribution is -2.06. The molecule has 116 valence electrons. The van der Waals surface area contributed by atoms with Crippen LogP contribution in [-0.2, 0) is 11.1 Å². The summed E-state index contributed by atoms with van der Waals surface area (Å²) >= 11 is 1.05. The Labute approximate surface area is 154 Å². The van der Waals surface area contributed by atoms with Crippen molar-refractivity contribution in [3.63, 3.8) is 0 Å². The molecule has 0 saturated heterocycles. The first-order chi connectivity index (χ1) is 11.3. The fourth-order valence-electron chi connectivity index (χ4n) is 2.84. The van der Waals surface area contributed by atoms with Crippen LogP contribution in [-0.4, -0.2) is 37.4 Å². The largest absolute Gasteiger partial charge is 0.457 e. The second-order valence-corrected chi connectivity index (χ2v) is 7.36. The number of aliphatic hydroxyl groups is 1. The highest BCUT2D eigenvalue weighted by Gasteiger charge is 2.38. The average Bonchev–Trinajstić information content (AvgIpc) is 2.72. The minimum absolute atomic E-state index is 0.0713. The number of halogens is 1. The number of hydrogen-bond donors (Lipinski definition) is 2. The Morgan fingerprint density at radius 2 is 1.88 bits per heavy atom. The van der Waals surface area contributed by atoms with Gasteiger partial charge < -0.3 is 14.4 Å². The average molecular weight is 399 g/mol. The molecular weight excluding hydrogens is 389 g/mol. The number of hydrogen-bond acceptors (Lipinski definition) is 3. The highest BCUT2D eigenvalue weighted by molar-refractivity contribution is 9.10. The van der Waals surface area contributed by atoms with E-state index < -0.39 is 28.8 Å². The summed E-state index contributed by atoms with van der Waals surface area (Å²) < 4.78 is 27.6. The van der Waals surface area contributed by atoms with Gasteiger partial charge in [-0.1, -0.05) is 33.3 Å². The molecular formula is C15H10B3BrO4S. The summed E-state index contributed by atoms with van der Waals surface area (Å²) in [5.41, 5.74) is 1.18. The first kappa shape index (κ1) is 17.8. The lowest BCUT2D eigenvalue weighted by atomic mass is 9.66. The molecule has 0 heterocycles. The van der Waals surface area contributed by atoms with Crippen LogP contribution < -0.4 is 10.2 Å². The third-order valence-corrected chi connectivity index (χ3v) is 5.12. The lowest BCUT2D eigenvalue weighted by Gasteiger charge is -2.16. The maximum atomic E-state index is 11.5. The van der Waals surface area contributed by atoms with Crippen LogP contribution in [0.5, 0.6) is 11.5 Å². The van der Waals surface area contributed by atoms with E-state index in [0.717, 1.165) is 4.47 Å². The zero-order chi connectivity index (χ0) is 17.6. The molecule has 0 aliphatic heterocycles. The number of benzene rings is 2. The summed E-state index contributed by atoms with van der Waals surface area (Å²) in [7, 11) is 17.8. The summed E-state index contributed by atoms with van der Waals surface area (Å²) in [6.07, 6.45) is -1.14. The van der Waals surface area contributed by atoms with Crippen LogP contribution in [0.15, 0.2) is 39.7 Å². The Kier molecular flexibility index (Phi) is 4.98. The molecule has 9 heteroatoms. The SMILES string of the molecule is [B]c1cc(Br)cc(Oc2ccc(S(=O)O)c3c2C([B])C([B])C3O)c1. The first-order valence-corrected chi connectivity index (χ1v) is 8.90. The van der Waals surface area contributed by atoms with Crippen molar-refractivity contribution < 1.29 is 18.6 Å². The van der Waals surface area contributed by atoms with E-state index >= 15 is 0 Å². The summed E-state index contributed by atoms with van der Waals surface area (Å²) in [4.78, 5) is 0.0713. The van der Waals surface area contributed by atoms with Crippen LogP contribution in [0.3, 0.4) is 0 Å². The van der Waals surface area contributed by atoms with Gasteiger partial charge >= 0.3 is 0 Å². The fourth-order valence-corrected chi connectivity index (χ4v) is 3.93. The normalized spacial score (nSPS) is 23.7. The van der Waals surface area contributed by atoms with Crippen molar-refractivity contribution in [2.24, 2.45) is 0 Å². The van der Waals surface area contributed by atoms with Crippen LogP contribution in [0.2, 0.25) is 5.82 Å². The van der Waals surface area contributed by atoms with E-state index in [1.807, 2.05) is 0 Å². The Balaban J connectivity index is 2.12. The lowest BCUT2D eigenvalue weighted by molar-refractivity contribution is 0.177. The van der Waals surface area contributed by atoms with Crippen molar-refractivity contribution in [1.82, 2.24) is 0 Å². The molecule has 3 rings (SSSR count). The van der Waals surface area contributed by atoms with Crippen molar-refractivity contribution in [3.05, 3.63) is 45.9 Å². The molecule has 0 spiro atoms. The first-order valence-electron chi connectivity index (χ1n) is 7.00. The molecule has 2 aromatic carbocycles. The quantitative estimate of drug-likeness (QED) is 0.611. The van der Waals surface area contributed by atoms with Gasteiger partial charge in [0.25, 0.3) is 0 Å². The number of ether oxygens (including phenoxy) is 1. The monoisotopic (exact) mass is 398 g/mol. The van der Waals surface area contributed by atoms with Crippen molar-refractivity contribution in [3.8, 4) is 11.5 Å². The van der Waals surface area contributed by atoms with Crippen molar-refractivity contribution in [2.45, 2.75) is 22.6 Å². The molecule has 0 bridgehead atoms. The molecule has 4 nitrogen and oxygen atoms in total. The molecule has 0 fully saturated rings. The van der Waals surface area contributed by atoms with Crippen LogP contribution in [0, 0.1) is 0 Å². The smallest absolute Gasteiger partial charge is 0.186 e. The van der Waals surface area contributed by atoms with Gasteiger partial charge in [-0.2, -0.15) is 0 Å². The maximum Gasteiger partial charge on any atom is 0.186 e. The second-order valence-electron chi connectivity index (χ2n) is 5.51. The van der Waals surface area contributed by atoms with E-state index in [4.69, 9.17) is 28.3 Å². The van der Waals surface area contributed by atoms with Crippen LogP contribution >= 0.6 is 15.9 Å². The Bertz CT molecular complexity index is 812. The van der Waals surface area contributed by atoms with Gasteiger partial charge in [-0.05, 0) is 35.6 Å². The molecule has 4 atom stereocenters. The number of rotatable bonds is 3. The molecule has 1 aliphatic carbocycles. The van der Waals surface area contributed by atoms with E-state index in [9.17, 15) is 13.9 Å². The van der Waals surface area contributed by atoms with E-state index in [-0.39, 0.29) is 10.5 Å². The zero-order valence-electron chi connectivity index (χ0n) is 12.3. The molecule has 2 N–H and O–H groups in total. The maximum absolute atomic E-state index is 11.5. The Morgan fingerprint density at radius 3 is 2.50 bits per heavy atom. The minimum atomic E-state index is -2.28. The standard InChI is InChI=1S/C15H10B3BrO4S/c16-6-3-7(19)5-8(4-6)23-9-1-2-10(24(21)22)12-11(9)13(17)14(18)15(12)20/h1-5,13-15,20H,(H,21,22). The molecule has 6 radical (unpaired) electrons. The van der Waals surface area contributed by atoms with Crippen molar-refractivity contribution >= 4 is 56.0 Å². The van der Waals surface area contributed by atoms with E-state index in [1.165, 1.54) is 12.1 Å². The third kappa shape index (κ3) is 3.10. The Morgan fingerprint density at radius 1 is 1.17 bits per heavy atom. The van der Waals surface area contributed by atoms with Gasteiger partial charge in [-0.3, -0.25) is 0 Å². The van der Waals surface area contributed by atoms with E-state index in [0.29, 0.717) is 22.5 Å². The highest BCUT2D eigenvalue weighted by atomic mass is 79.9. The predicted octanol–water partition coefficient (Wildman–Crippen LogP) is 1.83. The predicted molar refractivity (Wildman–Crippen MR) is 98.0 cm³/mol. The summed E-state index contributed by atoms with van der Waals surface area (Å²) in [5.74, 6) is -0.696. The molecule has 0 aromatic heterocycles. The molecule has 1 aliphatic rings. The molecule has 0 saturated carbocycles. The zero-order valence-corrected chi connectivity index (χ0v) is 14.8. The molecule has 0 amide bonds. The highest BCUT2D eigenvalue weighted by Crippen LogP contribution is 2.52. The van der Waals surface area contributed by atoms with E-state index in [1.54, 1.807) is 18.2 Å². The summed E-state index contributed by atoms with van der Waals surface area (Å²) in [5, 5.41) is 10.3. The summed E-state index contributed by atoms with van der Waals surface area (Å²) in [6.45, 7) is 0. The molecule has 4 unspecified atom stereocenters. The van der Waals surface area contributed by atoms with Crippen LogP contribution in [0.4, 0.5) is 0 Å². The van der Waals surface area contributed by atoms with Gasteiger partial charge in [0.2, 0.25) is 0 Å². The Hall–Kier alpha value is -1.02. The fraction of sp³-hybridized carbons (Fsp3) is 0.200. The molecule has 2 aromatic rings. The van der Waals surface area contributed by atoms with Crippen molar-refractivity contribution in [1.29, 1.82) is 0 Å². The van der Waals surface area contributed by atoms with Gasteiger partial charge in [0.15, 0.2) is 11.1 Å². The van der Waals surface area contributed by atoms with Crippen LogP contribution in [0.1, 0.15) is 23.0 Å². The number of aliphatic hydroxyl groups excluding tert-OH is 1. The topological polar surface area (TPSA) is 66.8 Å². The van der Waals surface area contributed by atoms with Crippen LogP contribution in [0.25, 0.3) is 0 Å². The third-order valence-electron chi connectivity index (χ3n) is 3.93. The molecule has 24 heavy (non-hydrogen) atoms. The van der Waals surface area contributed by atoms with Gasteiger partial charge in [-0.25, -0.2) is 4.21 Å². The minimum Gasteiger partial charge on any atom is -0.457 e. The summed E-state index contributed by atoms with van der Waals surface area (Å²) in [6, 6.07) is 8.02. The van der Waals surface area contributed by atoms with Gasteiger partial charge in [0.1, 0.15) is 19.3 Å².